The molecule has 0 saturated carbocycles. The van der Waals surface area contributed by atoms with E-state index < -0.39 is 0 Å². The lowest BCUT2D eigenvalue weighted by atomic mass is 10.2. The second-order valence-electron chi connectivity index (χ2n) is 7.92. The molecule has 1 atom stereocenters. The summed E-state index contributed by atoms with van der Waals surface area (Å²) < 4.78 is 16.5. The number of thiazole rings is 1. The number of ether oxygens (including phenoxy) is 3. The predicted molar refractivity (Wildman–Crippen MR) is 135 cm³/mol. The van der Waals surface area contributed by atoms with E-state index in [0.29, 0.717) is 18.0 Å². The Hall–Kier alpha value is -3.36. The van der Waals surface area contributed by atoms with Crippen molar-refractivity contribution in [2.24, 2.45) is 0 Å². The van der Waals surface area contributed by atoms with Crippen molar-refractivity contribution in [3.05, 3.63) is 76.3 Å². The van der Waals surface area contributed by atoms with Crippen molar-refractivity contribution in [2.75, 3.05) is 27.8 Å². The molecule has 0 aliphatic rings. The molecule has 1 aromatic heterocycles. The zero-order valence-corrected chi connectivity index (χ0v) is 20.8. The summed E-state index contributed by atoms with van der Waals surface area (Å²) in [5.41, 5.74) is 4.92. The predicted octanol–water partition coefficient (Wildman–Crippen LogP) is 4.39. The third-order valence-corrected chi connectivity index (χ3v) is 5.64. The molecule has 2 aromatic carbocycles. The minimum Gasteiger partial charge on any atom is -0.493 e. The third kappa shape index (κ3) is 7.90. The number of carbonyl (C=O) groups excluding carboxylic acids is 1. The fourth-order valence-corrected chi connectivity index (χ4v) is 3.93. The van der Waals surface area contributed by atoms with E-state index in [-0.39, 0.29) is 12.0 Å². The Kier molecular flexibility index (Phi) is 9.49. The minimum atomic E-state index is -0.192. The molecule has 3 aromatic rings. The number of benzene rings is 2. The van der Waals surface area contributed by atoms with Crippen LogP contribution in [0.5, 0.6) is 17.2 Å². The molecule has 0 radical (unpaired) electrons. The first-order chi connectivity index (χ1) is 16.5. The van der Waals surface area contributed by atoms with E-state index in [2.05, 4.69) is 33.7 Å². The van der Waals surface area contributed by atoms with Crippen LogP contribution in [0, 0.1) is 0 Å². The first-order valence-corrected chi connectivity index (χ1v) is 11.9. The molecule has 180 valence electrons. The van der Waals surface area contributed by atoms with E-state index in [1.165, 1.54) is 6.08 Å². The Morgan fingerprint density at radius 1 is 1.15 bits per heavy atom. The van der Waals surface area contributed by atoms with Crippen LogP contribution in [0.3, 0.4) is 0 Å². The molecule has 0 unspecified atom stereocenters. The summed E-state index contributed by atoms with van der Waals surface area (Å²) >= 11 is 1.61. The van der Waals surface area contributed by atoms with Crippen LogP contribution in [0.1, 0.15) is 23.7 Å². The van der Waals surface area contributed by atoms with Crippen molar-refractivity contribution >= 4 is 23.3 Å². The number of aromatic nitrogens is 1. The number of hydrogen-bond donors (Lipinski definition) is 1. The quantitative estimate of drug-likeness (QED) is 0.387. The number of rotatable bonds is 12. The average Bonchev–Trinajstić information content (AvgIpc) is 3.34. The minimum absolute atomic E-state index is 0.179. The van der Waals surface area contributed by atoms with E-state index >= 15 is 0 Å². The molecule has 0 bridgehead atoms. The molecule has 0 saturated heterocycles. The number of methoxy groups -OCH3 is 2. The van der Waals surface area contributed by atoms with Gasteiger partial charge in [0.25, 0.3) is 0 Å². The number of nitrogens with one attached hydrogen (secondary N) is 1. The summed E-state index contributed by atoms with van der Waals surface area (Å²) in [7, 11) is 5.24. The summed E-state index contributed by atoms with van der Waals surface area (Å²) in [4.78, 5) is 18.8. The molecule has 1 heterocycles. The topological polar surface area (TPSA) is 72.9 Å². The molecule has 3 rings (SSSR count). The molecule has 0 aliphatic carbocycles. The van der Waals surface area contributed by atoms with Crippen molar-refractivity contribution in [1.82, 2.24) is 15.2 Å². The van der Waals surface area contributed by atoms with Gasteiger partial charge < -0.3 is 19.5 Å². The van der Waals surface area contributed by atoms with Crippen LogP contribution >= 0.6 is 11.3 Å². The number of carbonyl (C=O) groups is 1. The van der Waals surface area contributed by atoms with Gasteiger partial charge in [0, 0.05) is 24.5 Å². The fraction of sp³-hybridized carbons (Fsp3) is 0.308. The molecule has 1 amide bonds. The SMILES string of the molecule is COc1ccc(/C=C/C(=O)NC[C@@H](C)Oc2cccc(CN(C)Cc3cscn3)c2)cc1OC. The van der Waals surface area contributed by atoms with Gasteiger partial charge in [-0.3, -0.25) is 9.69 Å². The van der Waals surface area contributed by atoms with Crippen LogP contribution in [-0.2, 0) is 17.9 Å². The lowest BCUT2D eigenvalue weighted by Crippen LogP contribution is -2.32. The van der Waals surface area contributed by atoms with Crippen LogP contribution in [0.4, 0.5) is 0 Å². The highest BCUT2D eigenvalue weighted by atomic mass is 32.1. The highest BCUT2D eigenvalue weighted by Crippen LogP contribution is 2.28. The Bertz CT molecular complexity index is 1090. The first kappa shape index (κ1) is 25.3. The molecule has 34 heavy (non-hydrogen) atoms. The maximum absolute atomic E-state index is 12.2. The molecule has 0 fully saturated rings. The fourth-order valence-electron chi connectivity index (χ4n) is 3.38. The van der Waals surface area contributed by atoms with Crippen LogP contribution in [-0.4, -0.2) is 49.7 Å². The van der Waals surface area contributed by atoms with E-state index in [9.17, 15) is 4.79 Å². The van der Waals surface area contributed by atoms with E-state index in [1.807, 2.05) is 42.8 Å². The van der Waals surface area contributed by atoms with Gasteiger partial charge in [0.2, 0.25) is 5.91 Å². The maximum Gasteiger partial charge on any atom is 0.244 e. The van der Waals surface area contributed by atoms with Gasteiger partial charge in [-0.15, -0.1) is 11.3 Å². The Labute approximate surface area is 205 Å². The molecule has 1 N–H and O–H groups in total. The maximum atomic E-state index is 12.2. The van der Waals surface area contributed by atoms with Gasteiger partial charge in [-0.25, -0.2) is 4.98 Å². The van der Waals surface area contributed by atoms with Gasteiger partial charge >= 0.3 is 0 Å². The van der Waals surface area contributed by atoms with E-state index in [4.69, 9.17) is 14.2 Å². The van der Waals surface area contributed by atoms with Crippen LogP contribution in [0.25, 0.3) is 6.08 Å². The standard InChI is InChI=1S/C26H31N3O4S/c1-19(14-27-26(30)11-9-20-8-10-24(31-3)25(13-20)32-4)33-23-7-5-6-21(12-23)15-29(2)16-22-17-34-18-28-22/h5-13,17-19H,14-16H2,1-4H3,(H,27,30)/b11-9+/t19-/m1/s1. The molecule has 8 heteroatoms. The van der Waals surface area contributed by atoms with Crippen molar-refractivity contribution < 1.29 is 19.0 Å². The Morgan fingerprint density at radius 3 is 2.71 bits per heavy atom. The molecule has 7 nitrogen and oxygen atoms in total. The molecular weight excluding hydrogens is 450 g/mol. The zero-order valence-electron chi connectivity index (χ0n) is 20.0. The van der Waals surface area contributed by atoms with Gasteiger partial charge in [-0.1, -0.05) is 18.2 Å². The summed E-state index contributed by atoms with van der Waals surface area (Å²) in [6.07, 6.45) is 3.04. The van der Waals surface area contributed by atoms with Gasteiger partial charge in [0.05, 0.1) is 32.0 Å². The first-order valence-electron chi connectivity index (χ1n) is 11.0. The summed E-state index contributed by atoms with van der Waals surface area (Å²) in [5.74, 6) is 1.85. The zero-order chi connectivity index (χ0) is 24.3. The second kappa shape index (κ2) is 12.8. The number of nitrogens with zero attached hydrogens (tertiary/aromatic N) is 2. The van der Waals surface area contributed by atoms with Crippen molar-refractivity contribution in [3.8, 4) is 17.2 Å². The summed E-state index contributed by atoms with van der Waals surface area (Å²) in [6, 6.07) is 13.5. The van der Waals surface area contributed by atoms with Crippen LogP contribution in [0.2, 0.25) is 0 Å². The molecule has 0 aliphatic heterocycles. The van der Waals surface area contributed by atoms with Gasteiger partial charge in [-0.05, 0) is 55.4 Å². The molecular formula is C26H31N3O4S. The normalized spacial score (nSPS) is 12.0. The largest absolute Gasteiger partial charge is 0.493 e. The summed E-state index contributed by atoms with van der Waals surface area (Å²) in [6.45, 7) is 3.91. The monoisotopic (exact) mass is 481 g/mol. The second-order valence-corrected chi connectivity index (χ2v) is 8.64. The van der Waals surface area contributed by atoms with Crippen molar-refractivity contribution in [2.45, 2.75) is 26.1 Å². The Balaban J connectivity index is 1.46. The van der Waals surface area contributed by atoms with Gasteiger partial charge in [0.1, 0.15) is 11.9 Å². The Morgan fingerprint density at radius 2 is 1.97 bits per heavy atom. The number of amides is 1. The highest BCUT2D eigenvalue weighted by Gasteiger charge is 2.09. The lowest BCUT2D eigenvalue weighted by molar-refractivity contribution is -0.116. The van der Waals surface area contributed by atoms with E-state index in [1.54, 1.807) is 37.7 Å². The summed E-state index contributed by atoms with van der Waals surface area (Å²) in [5, 5.41) is 4.94. The van der Waals surface area contributed by atoms with Crippen LogP contribution in [0.15, 0.2) is 59.4 Å². The lowest BCUT2D eigenvalue weighted by Gasteiger charge is -2.18. The van der Waals surface area contributed by atoms with Gasteiger partial charge in [0.15, 0.2) is 11.5 Å². The van der Waals surface area contributed by atoms with Crippen molar-refractivity contribution in [3.63, 3.8) is 0 Å². The van der Waals surface area contributed by atoms with Crippen molar-refractivity contribution in [1.29, 1.82) is 0 Å². The highest BCUT2D eigenvalue weighted by molar-refractivity contribution is 7.07. The molecule has 0 spiro atoms. The number of hydrogen-bond acceptors (Lipinski definition) is 7. The third-order valence-electron chi connectivity index (χ3n) is 5.00. The smallest absolute Gasteiger partial charge is 0.244 e. The average molecular weight is 482 g/mol. The van der Waals surface area contributed by atoms with Gasteiger partial charge in [-0.2, -0.15) is 0 Å². The van der Waals surface area contributed by atoms with E-state index in [0.717, 1.165) is 35.7 Å². The van der Waals surface area contributed by atoms with Crippen LogP contribution < -0.4 is 19.5 Å².